The third-order valence-electron chi connectivity index (χ3n) is 3.44. The summed E-state index contributed by atoms with van der Waals surface area (Å²) in [6, 6.07) is 10.4. The molecule has 0 aliphatic carbocycles. The van der Waals surface area contributed by atoms with E-state index >= 15 is 0 Å². The lowest BCUT2D eigenvalue weighted by atomic mass is 10.0. The Morgan fingerprint density at radius 2 is 1.90 bits per heavy atom. The average Bonchev–Trinajstić information content (AvgIpc) is 3.09. The molecular formula is C15H19ClN2O2. The molecule has 0 saturated carbocycles. The van der Waals surface area contributed by atoms with Crippen LogP contribution in [0.15, 0.2) is 49.1 Å². The molecule has 0 radical (unpaired) electrons. The highest BCUT2D eigenvalue weighted by atomic mass is 35.5. The molecule has 0 N–H and O–H groups in total. The summed E-state index contributed by atoms with van der Waals surface area (Å²) < 4.78 is 13.8. The first-order chi connectivity index (χ1) is 9.36. The van der Waals surface area contributed by atoms with Crippen LogP contribution in [0.4, 0.5) is 0 Å². The standard InChI is InChI=1S/C15H18N2O2.ClH/c1-2-4-14(5-3-1)12-15(18-10-11-19-15)6-8-17-9-7-16-13-17;/h1-5,7,9,13H,6,8,10-12H2;1H. The van der Waals surface area contributed by atoms with E-state index in [1.807, 2.05) is 30.7 Å². The number of hydrogen-bond donors (Lipinski definition) is 0. The summed E-state index contributed by atoms with van der Waals surface area (Å²) in [5, 5.41) is 0. The second-order valence-electron chi connectivity index (χ2n) is 4.82. The van der Waals surface area contributed by atoms with Crippen molar-refractivity contribution in [3.05, 3.63) is 54.6 Å². The molecule has 1 saturated heterocycles. The molecule has 1 aliphatic rings. The third-order valence-corrected chi connectivity index (χ3v) is 3.44. The largest absolute Gasteiger partial charge is 0.347 e. The van der Waals surface area contributed by atoms with Gasteiger partial charge >= 0.3 is 0 Å². The van der Waals surface area contributed by atoms with Crippen molar-refractivity contribution in [1.29, 1.82) is 0 Å². The topological polar surface area (TPSA) is 36.3 Å². The highest BCUT2D eigenvalue weighted by Crippen LogP contribution is 2.28. The van der Waals surface area contributed by atoms with Crippen LogP contribution in [-0.2, 0) is 22.4 Å². The third kappa shape index (κ3) is 3.60. The van der Waals surface area contributed by atoms with E-state index in [4.69, 9.17) is 9.47 Å². The molecule has 3 rings (SSSR count). The van der Waals surface area contributed by atoms with Crippen LogP contribution >= 0.6 is 12.4 Å². The maximum absolute atomic E-state index is 5.89. The Hall–Kier alpha value is -1.36. The Morgan fingerprint density at radius 1 is 1.15 bits per heavy atom. The van der Waals surface area contributed by atoms with Gasteiger partial charge in [-0.1, -0.05) is 30.3 Å². The fourth-order valence-corrected chi connectivity index (χ4v) is 2.46. The summed E-state index contributed by atoms with van der Waals surface area (Å²) in [5.74, 6) is -0.481. The molecule has 108 valence electrons. The molecule has 2 heterocycles. The number of nitrogens with zero attached hydrogens (tertiary/aromatic N) is 2. The van der Waals surface area contributed by atoms with E-state index in [-0.39, 0.29) is 12.4 Å². The zero-order valence-corrected chi connectivity index (χ0v) is 12.1. The van der Waals surface area contributed by atoms with Gasteiger partial charge in [-0.15, -0.1) is 12.4 Å². The van der Waals surface area contributed by atoms with Crippen LogP contribution in [0.3, 0.4) is 0 Å². The van der Waals surface area contributed by atoms with E-state index in [0.717, 1.165) is 19.4 Å². The molecule has 0 amide bonds. The quantitative estimate of drug-likeness (QED) is 0.851. The zero-order valence-electron chi connectivity index (χ0n) is 11.3. The van der Waals surface area contributed by atoms with Gasteiger partial charge in [0.2, 0.25) is 0 Å². The predicted molar refractivity (Wildman–Crippen MR) is 78.9 cm³/mol. The maximum Gasteiger partial charge on any atom is 0.174 e. The fraction of sp³-hybridized carbons (Fsp3) is 0.400. The molecule has 0 spiro atoms. The summed E-state index contributed by atoms with van der Waals surface area (Å²) in [6.45, 7) is 2.21. The lowest BCUT2D eigenvalue weighted by Gasteiger charge is -2.27. The first-order valence-corrected chi connectivity index (χ1v) is 6.64. The number of imidazole rings is 1. The zero-order chi connectivity index (χ0) is 13.0. The molecule has 1 aliphatic heterocycles. The van der Waals surface area contributed by atoms with E-state index in [0.29, 0.717) is 13.2 Å². The van der Waals surface area contributed by atoms with Crippen molar-refractivity contribution < 1.29 is 9.47 Å². The Bertz CT molecular complexity index is 496. The normalized spacial score (nSPS) is 16.8. The minimum absolute atomic E-state index is 0. The Balaban J connectivity index is 0.00000147. The lowest BCUT2D eigenvalue weighted by Crippen LogP contribution is -2.34. The number of rotatable bonds is 5. The molecule has 1 aromatic carbocycles. The van der Waals surface area contributed by atoms with Gasteiger partial charge in [0.05, 0.1) is 19.5 Å². The maximum atomic E-state index is 5.89. The molecule has 1 fully saturated rings. The smallest absolute Gasteiger partial charge is 0.174 e. The molecule has 0 bridgehead atoms. The summed E-state index contributed by atoms with van der Waals surface area (Å²) >= 11 is 0. The van der Waals surface area contributed by atoms with Crippen molar-refractivity contribution in [2.45, 2.75) is 25.2 Å². The fourth-order valence-electron chi connectivity index (χ4n) is 2.46. The number of halogens is 1. The first-order valence-electron chi connectivity index (χ1n) is 6.64. The monoisotopic (exact) mass is 294 g/mol. The van der Waals surface area contributed by atoms with Gasteiger partial charge in [-0.05, 0) is 5.56 Å². The van der Waals surface area contributed by atoms with E-state index in [2.05, 4.69) is 21.7 Å². The Kier molecular flexibility index (Phi) is 5.17. The van der Waals surface area contributed by atoms with Crippen LogP contribution in [0.2, 0.25) is 0 Å². The van der Waals surface area contributed by atoms with Crippen molar-refractivity contribution in [2.75, 3.05) is 13.2 Å². The molecule has 5 heteroatoms. The van der Waals surface area contributed by atoms with Crippen LogP contribution in [0.25, 0.3) is 0 Å². The number of hydrogen-bond acceptors (Lipinski definition) is 3. The first kappa shape index (κ1) is 15.0. The van der Waals surface area contributed by atoms with Gasteiger partial charge in [-0.3, -0.25) is 0 Å². The van der Waals surface area contributed by atoms with E-state index in [1.54, 1.807) is 6.20 Å². The number of benzene rings is 1. The Labute approximate surface area is 125 Å². The van der Waals surface area contributed by atoms with Crippen molar-refractivity contribution in [3.63, 3.8) is 0 Å². The minimum atomic E-state index is -0.481. The number of ether oxygens (including phenoxy) is 2. The average molecular weight is 295 g/mol. The van der Waals surface area contributed by atoms with Gasteiger partial charge in [-0.25, -0.2) is 4.98 Å². The summed E-state index contributed by atoms with van der Waals surface area (Å²) in [7, 11) is 0. The van der Waals surface area contributed by atoms with Crippen molar-refractivity contribution >= 4 is 12.4 Å². The number of aryl methyl sites for hydroxylation is 1. The lowest BCUT2D eigenvalue weighted by molar-refractivity contribution is -0.162. The number of aromatic nitrogens is 2. The Morgan fingerprint density at radius 3 is 2.55 bits per heavy atom. The second kappa shape index (κ2) is 6.88. The molecule has 0 unspecified atom stereocenters. The molecule has 20 heavy (non-hydrogen) atoms. The van der Waals surface area contributed by atoms with Crippen LogP contribution in [0.1, 0.15) is 12.0 Å². The van der Waals surface area contributed by atoms with Gasteiger partial charge < -0.3 is 14.0 Å². The second-order valence-corrected chi connectivity index (χ2v) is 4.82. The van der Waals surface area contributed by atoms with Gasteiger partial charge in [-0.2, -0.15) is 0 Å². The molecule has 4 nitrogen and oxygen atoms in total. The highest BCUT2D eigenvalue weighted by molar-refractivity contribution is 5.85. The SMILES string of the molecule is Cl.c1ccc(CC2(CCn3ccnc3)OCCO2)cc1. The summed E-state index contributed by atoms with van der Waals surface area (Å²) in [5.41, 5.74) is 1.25. The van der Waals surface area contributed by atoms with E-state index < -0.39 is 5.79 Å². The van der Waals surface area contributed by atoms with Gasteiger partial charge in [0.15, 0.2) is 5.79 Å². The van der Waals surface area contributed by atoms with Crippen molar-refractivity contribution in [3.8, 4) is 0 Å². The minimum Gasteiger partial charge on any atom is -0.347 e. The van der Waals surface area contributed by atoms with Crippen LogP contribution in [0.5, 0.6) is 0 Å². The van der Waals surface area contributed by atoms with Crippen LogP contribution < -0.4 is 0 Å². The van der Waals surface area contributed by atoms with Gasteiger partial charge in [0.25, 0.3) is 0 Å². The van der Waals surface area contributed by atoms with Crippen LogP contribution in [-0.4, -0.2) is 28.6 Å². The van der Waals surface area contributed by atoms with Crippen LogP contribution in [0, 0.1) is 0 Å². The molecule has 0 atom stereocenters. The van der Waals surface area contributed by atoms with Gasteiger partial charge in [0.1, 0.15) is 0 Å². The van der Waals surface area contributed by atoms with Gasteiger partial charge in [0, 0.05) is 31.8 Å². The summed E-state index contributed by atoms with van der Waals surface area (Å²) in [6.07, 6.45) is 7.21. The summed E-state index contributed by atoms with van der Waals surface area (Å²) in [4.78, 5) is 4.06. The molecule has 2 aromatic rings. The molecular weight excluding hydrogens is 276 g/mol. The van der Waals surface area contributed by atoms with E-state index in [1.165, 1.54) is 5.56 Å². The van der Waals surface area contributed by atoms with E-state index in [9.17, 15) is 0 Å². The predicted octanol–water partition coefficient (Wildman–Crippen LogP) is 2.68. The van der Waals surface area contributed by atoms with Crippen molar-refractivity contribution in [1.82, 2.24) is 9.55 Å². The van der Waals surface area contributed by atoms with Crippen molar-refractivity contribution in [2.24, 2.45) is 0 Å². The highest BCUT2D eigenvalue weighted by Gasteiger charge is 2.36. The molecule has 1 aromatic heterocycles.